The average molecular weight is 385 g/mol. The highest BCUT2D eigenvalue weighted by Crippen LogP contribution is 2.27. The van der Waals surface area contributed by atoms with E-state index >= 15 is 0 Å². The number of anilines is 1. The Morgan fingerprint density at radius 2 is 1.78 bits per heavy atom. The lowest BCUT2D eigenvalue weighted by Crippen LogP contribution is -2.24. The van der Waals surface area contributed by atoms with Crippen LogP contribution in [0, 0.1) is 5.92 Å². The molecule has 0 atom stereocenters. The maximum absolute atomic E-state index is 12.1. The second-order valence-electron chi connectivity index (χ2n) is 7.32. The van der Waals surface area contributed by atoms with Crippen molar-refractivity contribution in [1.82, 2.24) is 5.32 Å². The molecule has 4 nitrogen and oxygen atoms in total. The molecule has 3 rings (SSSR count). The molecule has 1 aromatic carbocycles. The second-order valence-corrected chi connectivity index (χ2v) is 8.35. The molecule has 2 amide bonds. The van der Waals surface area contributed by atoms with E-state index in [-0.39, 0.29) is 11.8 Å². The second kappa shape index (κ2) is 10.3. The number of carbonyl (C=O) groups excluding carboxylic acids is 2. The van der Waals surface area contributed by atoms with E-state index < -0.39 is 0 Å². The van der Waals surface area contributed by atoms with E-state index in [0.29, 0.717) is 19.4 Å². The molecular formula is C22H28N2O2S. The summed E-state index contributed by atoms with van der Waals surface area (Å²) < 4.78 is 0. The van der Waals surface area contributed by atoms with E-state index in [9.17, 15) is 9.59 Å². The minimum absolute atomic E-state index is 0.00710. The third kappa shape index (κ3) is 6.83. The highest BCUT2D eigenvalue weighted by molar-refractivity contribution is 7.09. The molecule has 0 spiro atoms. The predicted molar refractivity (Wildman–Crippen MR) is 111 cm³/mol. The van der Waals surface area contributed by atoms with Gasteiger partial charge in [-0.2, -0.15) is 0 Å². The molecule has 0 bridgehead atoms. The highest BCUT2D eigenvalue weighted by atomic mass is 32.1. The lowest BCUT2D eigenvalue weighted by molar-refractivity contribution is -0.120. The molecule has 2 aromatic rings. The molecule has 0 aliphatic heterocycles. The summed E-state index contributed by atoms with van der Waals surface area (Å²) in [7, 11) is 0. The minimum Gasteiger partial charge on any atom is -0.351 e. The fourth-order valence-corrected chi connectivity index (χ4v) is 4.23. The Hall–Kier alpha value is -2.14. The zero-order chi connectivity index (χ0) is 18.9. The Balaban J connectivity index is 1.38. The first kappa shape index (κ1) is 19.6. The van der Waals surface area contributed by atoms with Crippen LogP contribution in [-0.4, -0.2) is 11.8 Å². The molecular weight excluding hydrogens is 356 g/mol. The number of rotatable bonds is 8. The van der Waals surface area contributed by atoms with Crippen molar-refractivity contribution in [2.75, 3.05) is 5.32 Å². The van der Waals surface area contributed by atoms with E-state index in [2.05, 4.69) is 10.6 Å². The number of benzene rings is 1. The van der Waals surface area contributed by atoms with Crippen LogP contribution >= 0.6 is 11.3 Å². The normalized spacial score (nSPS) is 14.7. The Kier molecular flexibility index (Phi) is 7.45. The van der Waals surface area contributed by atoms with Gasteiger partial charge in [-0.25, -0.2) is 0 Å². The van der Waals surface area contributed by atoms with Gasteiger partial charge in [-0.1, -0.05) is 50.3 Å². The topological polar surface area (TPSA) is 58.2 Å². The molecule has 1 saturated carbocycles. The summed E-state index contributed by atoms with van der Waals surface area (Å²) in [6.45, 7) is 0.575. The summed E-state index contributed by atoms with van der Waals surface area (Å²) >= 11 is 1.64. The van der Waals surface area contributed by atoms with E-state index in [1.54, 1.807) is 11.3 Å². The summed E-state index contributed by atoms with van der Waals surface area (Å²) in [4.78, 5) is 25.3. The van der Waals surface area contributed by atoms with Gasteiger partial charge in [0.05, 0.1) is 13.0 Å². The molecule has 5 heteroatoms. The minimum atomic E-state index is 0.00710. The molecule has 1 aromatic heterocycles. The average Bonchev–Trinajstić information content (AvgIpc) is 3.21. The largest absolute Gasteiger partial charge is 0.351 e. The third-order valence-electron chi connectivity index (χ3n) is 5.15. The fraction of sp³-hybridized carbons (Fsp3) is 0.455. The molecule has 27 heavy (non-hydrogen) atoms. The van der Waals surface area contributed by atoms with Crippen molar-refractivity contribution in [2.45, 2.75) is 57.9 Å². The van der Waals surface area contributed by atoms with Gasteiger partial charge in [0.1, 0.15) is 0 Å². The third-order valence-corrected chi connectivity index (χ3v) is 6.02. The Morgan fingerprint density at radius 1 is 1.00 bits per heavy atom. The van der Waals surface area contributed by atoms with Crippen LogP contribution in [0.3, 0.4) is 0 Å². The first-order valence-electron chi connectivity index (χ1n) is 9.87. The van der Waals surface area contributed by atoms with Crippen LogP contribution < -0.4 is 10.6 Å². The van der Waals surface area contributed by atoms with Crippen molar-refractivity contribution in [3.05, 3.63) is 52.2 Å². The van der Waals surface area contributed by atoms with Crippen LogP contribution in [-0.2, 0) is 22.6 Å². The van der Waals surface area contributed by atoms with E-state index in [1.165, 1.54) is 32.1 Å². The van der Waals surface area contributed by atoms with E-state index in [1.807, 2.05) is 41.8 Å². The monoisotopic (exact) mass is 384 g/mol. The number of hydrogen-bond donors (Lipinski definition) is 2. The van der Waals surface area contributed by atoms with Crippen LogP contribution in [0.15, 0.2) is 41.8 Å². The van der Waals surface area contributed by atoms with Crippen LogP contribution in [0.2, 0.25) is 0 Å². The predicted octanol–water partition coefficient (Wildman–Crippen LogP) is 4.91. The number of nitrogens with one attached hydrogen (secondary N) is 2. The maximum Gasteiger partial charge on any atom is 0.224 e. The van der Waals surface area contributed by atoms with Gasteiger partial charge in [0.2, 0.25) is 11.8 Å². The lowest BCUT2D eigenvalue weighted by Gasteiger charge is -2.21. The van der Waals surface area contributed by atoms with Gasteiger partial charge in [0, 0.05) is 17.0 Å². The van der Waals surface area contributed by atoms with Gasteiger partial charge in [-0.05, 0) is 41.5 Å². The number of amides is 2. The maximum atomic E-state index is 12.1. The smallest absolute Gasteiger partial charge is 0.224 e. The quantitative estimate of drug-likeness (QED) is 0.680. The summed E-state index contributed by atoms with van der Waals surface area (Å²) in [5.74, 6) is 0.814. The highest BCUT2D eigenvalue weighted by Gasteiger charge is 2.15. The Bertz CT molecular complexity index is 719. The van der Waals surface area contributed by atoms with Gasteiger partial charge >= 0.3 is 0 Å². The van der Waals surface area contributed by atoms with Gasteiger partial charge < -0.3 is 10.6 Å². The van der Waals surface area contributed by atoms with Gasteiger partial charge in [-0.15, -0.1) is 11.3 Å². The van der Waals surface area contributed by atoms with Gasteiger partial charge in [-0.3, -0.25) is 9.59 Å². The van der Waals surface area contributed by atoms with E-state index in [4.69, 9.17) is 0 Å². The Labute approximate surface area is 165 Å². The lowest BCUT2D eigenvalue weighted by atomic mass is 9.86. The molecule has 2 N–H and O–H groups in total. The van der Waals surface area contributed by atoms with Crippen LogP contribution in [0.5, 0.6) is 0 Å². The van der Waals surface area contributed by atoms with Crippen LogP contribution in [0.1, 0.15) is 55.4 Å². The molecule has 0 unspecified atom stereocenters. The molecule has 1 aliphatic carbocycles. The van der Waals surface area contributed by atoms with Crippen molar-refractivity contribution in [3.63, 3.8) is 0 Å². The van der Waals surface area contributed by atoms with Crippen molar-refractivity contribution in [3.8, 4) is 0 Å². The first-order chi connectivity index (χ1) is 13.2. The summed E-state index contributed by atoms with van der Waals surface area (Å²) in [5, 5.41) is 7.90. The molecule has 1 aliphatic rings. The van der Waals surface area contributed by atoms with Gasteiger partial charge in [0.25, 0.3) is 0 Å². The number of hydrogen-bond acceptors (Lipinski definition) is 3. The zero-order valence-corrected chi connectivity index (χ0v) is 16.5. The van der Waals surface area contributed by atoms with E-state index in [0.717, 1.165) is 28.5 Å². The van der Waals surface area contributed by atoms with Crippen LogP contribution in [0.4, 0.5) is 5.69 Å². The van der Waals surface area contributed by atoms with Crippen molar-refractivity contribution >= 4 is 28.8 Å². The summed E-state index contributed by atoms with van der Waals surface area (Å²) in [6, 6.07) is 11.6. The van der Waals surface area contributed by atoms with Gasteiger partial charge in [0.15, 0.2) is 0 Å². The molecule has 144 valence electrons. The Morgan fingerprint density at radius 3 is 2.48 bits per heavy atom. The number of thiophene rings is 1. The molecule has 0 radical (unpaired) electrons. The molecule has 1 fully saturated rings. The molecule has 0 saturated heterocycles. The van der Waals surface area contributed by atoms with Crippen molar-refractivity contribution < 1.29 is 9.59 Å². The van der Waals surface area contributed by atoms with Crippen LogP contribution in [0.25, 0.3) is 0 Å². The summed E-state index contributed by atoms with van der Waals surface area (Å²) in [6.07, 6.45) is 8.46. The zero-order valence-electron chi connectivity index (χ0n) is 15.7. The van der Waals surface area contributed by atoms with Crippen molar-refractivity contribution in [1.29, 1.82) is 0 Å². The SMILES string of the molecule is O=C(Cc1ccc(NC(=O)CCC2CCCCC2)cc1)NCc1cccs1. The fourth-order valence-electron chi connectivity index (χ4n) is 3.59. The molecule has 1 heterocycles. The van der Waals surface area contributed by atoms with Crippen molar-refractivity contribution in [2.24, 2.45) is 5.92 Å². The summed E-state index contributed by atoms with van der Waals surface area (Å²) in [5.41, 5.74) is 1.74. The first-order valence-corrected chi connectivity index (χ1v) is 10.7. The number of carbonyl (C=O) groups is 2. The standard InChI is InChI=1S/C22H28N2O2S/c25-21(13-10-17-5-2-1-3-6-17)24-19-11-8-18(9-12-19)15-22(26)23-16-20-7-4-14-27-20/h4,7-9,11-12,14,17H,1-3,5-6,10,13,15-16H2,(H,23,26)(H,24,25).